The smallest absolute Gasteiger partial charge is 0.330 e. The number of amides is 2. The third-order valence-corrected chi connectivity index (χ3v) is 5.42. The molecule has 3 atom stereocenters. The molecule has 2 aliphatic rings. The van der Waals surface area contributed by atoms with E-state index in [1.807, 2.05) is 0 Å². The quantitative estimate of drug-likeness (QED) is 0.408. The second kappa shape index (κ2) is 5.95. The van der Waals surface area contributed by atoms with Crippen molar-refractivity contribution in [2.24, 2.45) is 0 Å². The molecular formula is C14H16N4O5S. The van der Waals surface area contributed by atoms with Gasteiger partial charge in [-0.2, -0.15) is 0 Å². The first-order chi connectivity index (χ1) is 11.4. The number of nitrogens with one attached hydrogen (secondary N) is 1. The fourth-order valence-electron chi connectivity index (χ4n) is 2.89. The molecule has 2 fully saturated rings. The summed E-state index contributed by atoms with van der Waals surface area (Å²) in [4.78, 5) is 41.3. The van der Waals surface area contributed by atoms with Gasteiger partial charge in [0.05, 0.1) is 6.33 Å². The topological polar surface area (TPSA) is 114 Å². The van der Waals surface area contributed by atoms with Gasteiger partial charge in [-0.1, -0.05) is 6.58 Å². The Hall–Kier alpha value is -2.33. The molecule has 0 bridgehead atoms. The number of thioether (sulfide) groups is 1. The molecule has 128 valence electrons. The number of hydrogen-bond donors (Lipinski definition) is 2. The van der Waals surface area contributed by atoms with E-state index in [-0.39, 0.29) is 6.54 Å². The van der Waals surface area contributed by atoms with Crippen molar-refractivity contribution >= 4 is 29.5 Å². The minimum absolute atomic E-state index is 0.0230. The van der Waals surface area contributed by atoms with Crippen LogP contribution in [0.3, 0.4) is 0 Å². The molecule has 0 saturated carbocycles. The minimum Gasteiger partial charge on any atom is -0.479 e. The van der Waals surface area contributed by atoms with Crippen LogP contribution in [0.25, 0.3) is 0 Å². The molecule has 2 N–H and O–H groups in total. The maximum atomic E-state index is 12.6. The molecule has 1 aromatic heterocycles. The lowest BCUT2D eigenvalue weighted by atomic mass is 9.95. The zero-order valence-electron chi connectivity index (χ0n) is 12.8. The van der Waals surface area contributed by atoms with Crippen molar-refractivity contribution < 1.29 is 24.2 Å². The number of rotatable bonds is 5. The molecule has 0 radical (unpaired) electrons. The van der Waals surface area contributed by atoms with Crippen molar-refractivity contribution in [3.8, 4) is 0 Å². The number of hydrogen-bond acceptors (Lipinski definition) is 6. The van der Waals surface area contributed by atoms with Gasteiger partial charge in [0.25, 0.3) is 11.6 Å². The summed E-state index contributed by atoms with van der Waals surface area (Å²) in [5.41, 5.74) is -1.12. The maximum Gasteiger partial charge on any atom is 0.330 e. The number of fused-ring (bicyclic) bond motifs is 1. The first kappa shape index (κ1) is 16.5. The first-order valence-corrected chi connectivity index (χ1v) is 8.12. The molecule has 9 nitrogen and oxygen atoms in total. The number of aliphatic carboxylic acids is 1. The SMILES string of the molecule is C=C1CS[C@@H]2N(C(=O)C2(NC(=O)Cn2ccnc2)OC)C1C(=O)O. The number of carboxylic acids is 1. The van der Waals surface area contributed by atoms with Gasteiger partial charge in [0.2, 0.25) is 5.91 Å². The average molecular weight is 352 g/mol. The van der Waals surface area contributed by atoms with Gasteiger partial charge in [-0.05, 0) is 5.57 Å². The van der Waals surface area contributed by atoms with Crippen LogP contribution in [0.15, 0.2) is 30.9 Å². The number of nitrogens with zero attached hydrogens (tertiary/aromatic N) is 3. The fourth-order valence-corrected chi connectivity index (χ4v) is 4.28. The number of carbonyl (C=O) groups is 3. The van der Waals surface area contributed by atoms with Crippen LogP contribution in [0.2, 0.25) is 0 Å². The average Bonchev–Trinajstić information content (AvgIpc) is 3.04. The van der Waals surface area contributed by atoms with Crippen LogP contribution in [0.5, 0.6) is 0 Å². The Morgan fingerprint density at radius 3 is 2.96 bits per heavy atom. The van der Waals surface area contributed by atoms with Crippen LogP contribution >= 0.6 is 11.8 Å². The van der Waals surface area contributed by atoms with Gasteiger partial charge >= 0.3 is 5.97 Å². The molecule has 1 aromatic rings. The standard InChI is InChI=1S/C14H16N4O5S/c1-8-6-24-13-14(23-2,12(22)18(13)10(8)11(20)21)16-9(19)5-17-4-3-15-7-17/h3-4,7,10,13H,1,5-6H2,2H3,(H,16,19)(H,20,21)/t10?,13-,14?/m0/s1. The largest absolute Gasteiger partial charge is 0.479 e. The van der Waals surface area contributed by atoms with E-state index in [4.69, 9.17) is 4.74 Å². The van der Waals surface area contributed by atoms with Gasteiger partial charge in [-0.3, -0.25) is 9.59 Å². The number of aromatic nitrogens is 2. The van der Waals surface area contributed by atoms with E-state index >= 15 is 0 Å². The molecule has 2 unspecified atom stereocenters. The zero-order chi connectivity index (χ0) is 17.5. The molecule has 3 heterocycles. The molecule has 24 heavy (non-hydrogen) atoms. The predicted octanol–water partition coefficient (Wildman–Crippen LogP) is -0.733. The van der Waals surface area contributed by atoms with Crippen LogP contribution in [-0.2, 0) is 25.7 Å². The monoisotopic (exact) mass is 352 g/mol. The highest BCUT2D eigenvalue weighted by Crippen LogP contribution is 2.46. The van der Waals surface area contributed by atoms with Crippen LogP contribution in [0, 0.1) is 0 Å². The number of carbonyl (C=O) groups excluding carboxylic acids is 2. The second-order valence-electron chi connectivity index (χ2n) is 5.50. The molecule has 2 amide bonds. The lowest BCUT2D eigenvalue weighted by Gasteiger charge is -2.58. The van der Waals surface area contributed by atoms with Crippen molar-refractivity contribution in [2.45, 2.75) is 23.7 Å². The van der Waals surface area contributed by atoms with E-state index in [0.717, 1.165) is 0 Å². The maximum absolute atomic E-state index is 12.6. The van der Waals surface area contributed by atoms with E-state index in [1.54, 1.807) is 10.8 Å². The summed E-state index contributed by atoms with van der Waals surface area (Å²) >= 11 is 1.31. The number of carboxylic acid groups (broad SMARTS) is 1. The van der Waals surface area contributed by atoms with Gasteiger partial charge in [0.15, 0.2) is 6.04 Å². The van der Waals surface area contributed by atoms with Crippen molar-refractivity contribution in [3.63, 3.8) is 0 Å². The Kier molecular flexibility index (Phi) is 4.10. The predicted molar refractivity (Wildman–Crippen MR) is 83.8 cm³/mol. The summed E-state index contributed by atoms with van der Waals surface area (Å²) in [6.45, 7) is 3.70. The number of methoxy groups -OCH3 is 1. The van der Waals surface area contributed by atoms with Crippen LogP contribution in [0.1, 0.15) is 0 Å². The molecule has 2 saturated heterocycles. The molecular weight excluding hydrogens is 336 g/mol. The van der Waals surface area contributed by atoms with E-state index in [9.17, 15) is 19.5 Å². The molecule has 2 aliphatic heterocycles. The van der Waals surface area contributed by atoms with Crippen molar-refractivity contribution in [2.75, 3.05) is 12.9 Å². The van der Waals surface area contributed by atoms with Crippen LogP contribution in [-0.4, -0.2) is 67.3 Å². The highest BCUT2D eigenvalue weighted by Gasteiger charge is 2.67. The Morgan fingerprint density at radius 2 is 2.38 bits per heavy atom. The normalized spacial score (nSPS) is 29.0. The molecule has 0 spiro atoms. The van der Waals surface area contributed by atoms with Gasteiger partial charge in [-0.15, -0.1) is 11.8 Å². The lowest BCUT2D eigenvalue weighted by Crippen LogP contribution is -2.83. The summed E-state index contributed by atoms with van der Waals surface area (Å²) in [7, 11) is 1.31. The van der Waals surface area contributed by atoms with Crippen molar-refractivity contribution in [1.29, 1.82) is 0 Å². The number of imidazole rings is 1. The highest BCUT2D eigenvalue weighted by atomic mass is 32.2. The molecule has 0 aliphatic carbocycles. The summed E-state index contributed by atoms with van der Waals surface area (Å²) in [6.07, 6.45) is 4.64. The third-order valence-electron chi connectivity index (χ3n) is 4.01. The Bertz CT molecular complexity index is 706. The van der Waals surface area contributed by atoms with E-state index in [2.05, 4.69) is 16.9 Å². The number of β-lactam (4-membered cyclic amide) rings is 1. The summed E-state index contributed by atoms with van der Waals surface area (Å²) in [5.74, 6) is -1.80. The van der Waals surface area contributed by atoms with Crippen molar-refractivity contribution in [1.82, 2.24) is 19.8 Å². The Labute approximate surface area is 141 Å². The van der Waals surface area contributed by atoms with E-state index < -0.39 is 34.9 Å². The highest BCUT2D eigenvalue weighted by molar-refractivity contribution is 8.00. The van der Waals surface area contributed by atoms with Gasteiger partial charge in [0.1, 0.15) is 11.9 Å². The Morgan fingerprint density at radius 1 is 1.62 bits per heavy atom. The fraction of sp³-hybridized carbons (Fsp3) is 0.429. The van der Waals surface area contributed by atoms with Gasteiger partial charge in [0, 0.05) is 25.3 Å². The summed E-state index contributed by atoms with van der Waals surface area (Å²) in [6, 6.07) is -1.10. The Balaban J connectivity index is 1.78. The van der Waals surface area contributed by atoms with Crippen LogP contribution in [0.4, 0.5) is 0 Å². The molecule has 0 aromatic carbocycles. The molecule has 3 rings (SSSR count). The van der Waals surface area contributed by atoms with E-state index in [1.165, 1.54) is 36.3 Å². The first-order valence-electron chi connectivity index (χ1n) is 7.07. The number of ether oxygens (including phenoxy) is 1. The lowest BCUT2D eigenvalue weighted by molar-refractivity contribution is -0.202. The van der Waals surface area contributed by atoms with Gasteiger partial charge in [-0.25, -0.2) is 9.78 Å². The van der Waals surface area contributed by atoms with Crippen molar-refractivity contribution in [3.05, 3.63) is 30.9 Å². The minimum atomic E-state index is -1.56. The van der Waals surface area contributed by atoms with E-state index in [0.29, 0.717) is 11.3 Å². The third kappa shape index (κ3) is 2.38. The van der Waals surface area contributed by atoms with Crippen LogP contribution < -0.4 is 5.32 Å². The molecule has 10 heteroatoms. The summed E-state index contributed by atoms with van der Waals surface area (Å²) in [5, 5.41) is 11.3. The second-order valence-corrected chi connectivity index (χ2v) is 6.57. The summed E-state index contributed by atoms with van der Waals surface area (Å²) < 4.78 is 6.87. The van der Waals surface area contributed by atoms with Gasteiger partial charge < -0.3 is 24.6 Å². The zero-order valence-corrected chi connectivity index (χ0v) is 13.7.